The summed E-state index contributed by atoms with van der Waals surface area (Å²) >= 11 is 7.34. The lowest BCUT2D eigenvalue weighted by atomic mass is 9.70. The first-order chi connectivity index (χ1) is 9.08. The first-order valence-electron chi connectivity index (χ1n) is 6.53. The zero-order valence-corrected chi connectivity index (χ0v) is 12.5. The van der Waals surface area contributed by atoms with Gasteiger partial charge in [0.25, 0.3) is 0 Å². The van der Waals surface area contributed by atoms with Crippen LogP contribution < -0.4 is 0 Å². The number of thiophene rings is 1. The van der Waals surface area contributed by atoms with Gasteiger partial charge in [0.05, 0.1) is 10.9 Å². The van der Waals surface area contributed by atoms with E-state index in [0.717, 1.165) is 17.7 Å². The van der Waals surface area contributed by atoms with Gasteiger partial charge in [0.2, 0.25) is 0 Å². The Labute approximate surface area is 121 Å². The lowest BCUT2D eigenvalue weighted by molar-refractivity contribution is -0.162. The Hall–Kier alpha value is -0.870. The highest BCUT2D eigenvalue weighted by atomic mass is 35.5. The molecule has 1 aliphatic carbocycles. The summed E-state index contributed by atoms with van der Waals surface area (Å²) in [6.45, 7) is 2.07. The molecule has 1 aromatic rings. The van der Waals surface area contributed by atoms with Gasteiger partial charge in [-0.2, -0.15) is 0 Å². The van der Waals surface area contributed by atoms with Crippen molar-refractivity contribution in [1.82, 2.24) is 0 Å². The molecule has 1 heterocycles. The van der Waals surface area contributed by atoms with Crippen LogP contribution in [0.15, 0.2) is 12.1 Å². The molecule has 0 bridgehead atoms. The average molecular weight is 301 g/mol. The fraction of sp³-hybridized carbons (Fsp3) is 0.571. The van der Waals surface area contributed by atoms with Gasteiger partial charge in [-0.1, -0.05) is 18.0 Å². The van der Waals surface area contributed by atoms with Crippen LogP contribution in [0, 0.1) is 5.41 Å². The molecule has 0 aliphatic heterocycles. The Morgan fingerprint density at radius 2 is 2.26 bits per heavy atom. The fourth-order valence-corrected chi connectivity index (χ4v) is 3.78. The maximum absolute atomic E-state index is 12.3. The molecule has 0 aromatic carbocycles. The van der Waals surface area contributed by atoms with Crippen LogP contribution in [-0.4, -0.2) is 18.4 Å². The summed E-state index contributed by atoms with van der Waals surface area (Å²) in [6, 6.07) is 3.68. The SMILES string of the molecule is CCOC(=O)C1(Cc2ccc(Cl)s2)CCCCC1=O. The van der Waals surface area contributed by atoms with Crippen LogP contribution in [0.2, 0.25) is 4.34 Å². The smallest absolute Gasteiger partial charge is 0.319 e. The van der Waals surface area contributed by atoms with Crippen molar-refractivity contribution < 1.29 is 14.3 Å². The second-order valence-electron chi connectivity index (χ2n) is 4.82. The zero-order valence-electron chi connectivity index (χ0n) is 10.9. The first kappa shape index (κ1) is 14.5. The van der Waals surface area contributed by atoms with Gasteiger partial charge >= 0.3 is 5.97 Å². The molecule has 0 N–H and O–H groups in total. The van der Waals surface area contributed by atoms with E-state index in [4.69, 9.17) is 16.3 Å². The normalized spacial score (nSPS) is 23.4. The topological polar surface area (TPSA) is 43.4 Å². The van der Waals surface area contributed by atoms with E-state index in [1.54, 1.807) is 13.0 Å². The van der Waals surface area contributed by atoms with Crippen LogP contribution in [0.1, 0.15) is 37.5 Å². The molecule has 0 radical (unpaired) electrons. The summed E-state index contributed by atoms with van der Waals surface area (Å²) in [7, 11) is 0. The molecule has 1 saturated carbocycles. The maximum Gasteiger partial charge on any atom is 0.319 e. The number of carbonyl (C=O) groups is 2. The van der Waals surface area contributed by atoms with E-state index in [1.165, 1.54) is 11.3 Å². The third-order valence-corrected chi connectivity index (χ3v) is 4.79. The molecule has 2 rings (SSSR count). The number of ketones is 1. The number of Topliss-reactive ketones (excluding diaryl/α,β-unsaturated/α-hetero) is 1. The van der Waals surface area contributed by atoms with Crippen molar-refractivity contribution in [3.05, 3.63) is 21.3 Å². The van der Waals surface area contributed by atoms with E-state index in [-0.39, 0.29) is 11.8 Å². The molecule has 3 nitrogen and oxygen atoms in total. The molecular formula is C14H17ClO3S. The van der Waals surface area contributed by atoms with Gasteiger partial charge in [0, 0.05) is 17.7 Å². The van der Waals surface area contributed by atoms with Crippen LogP contribution in [0.4, 0.5) is 0 Å². The Balaban J connectivity index is 2.27. The van der Waals surface area contributed by atoms with E-state index in [0.29, 0.717) is 30.2 Å². The highest BCUT2D eigenvalue weighted by Crippen LogP contribution is 2.39. The standard InChI is InChI=1S/C14H17ClO3S/c1-2-18-13(17)14(8-4-3-5-11(14)16)9-10-6-7-12(15)19-10/h6-7H,2-5,8-9H2,1H3. The van der Waals surface area contributed by atoms with Crippen molar-refractivity contribution in [2.45, 2.75) is 39.0 Å². The van der Waals surface area contributed by atoms with Crippen LogP contribution in [-0.2, 0) is 20.7 Å². The summed E-state index contributed by atoms with van der Waals surface area (Å²) in [5, 5.41) is 0. The van der Waals surface area contributed by atoms with Crippen molar-refractivity contribution in [2.24, 2.45) is 5.41 Å². The number of esters is 1. The molecule has 1 fully saturated rings. The van der Waals surface area contributed by atoms with Gasteiger partial charge in [-0.3, -0.25) is 9.59 Å². The molecule has 1 aliphatic rings. The molecule has 1 atom stereocenters. The third-order valence-electron chi connectivity index (χ3n) is 3.56. The molecular weight excluding hydrogens is 284 g/mol. The Morgan fingerprint density at radius 1 is 1.47 bits per heavy atom. The van der Waals surface area contributed by atoms with E-state index in [1.807, 2.05) is 6.07 Å². The molecule has 0 spiro atoms. The van der Waals surface area contributed by atoms with Crippen LogP contribution in [0.3, 0.4) is 0 Å². The first-order valence-corrected chi connectivity index (χ1v) is 7.72. The van der Waals surface area contributed by atoms with Gasteiger partial charge in [0.15, 0.2) is 5.78 Å². The molecule has 0 amide bonds. The summed E-state index contributed by atoms with van der Waals surface area (Å²) < 4.78 is 5.82. The van der Waals surface area contributed by atoms with Crippen LogP contribution in [0.5, 0.6) is 0 Å². The number of carbonyl (C=O) groups excluding carboxylic acids is 2. The van der Waals surface area contributed by atoms with E-state index in [2.05, 4.69) is 0 Å². The van der Waals surface area contributed by atoms with Crippen molar-refractivity contribution >= 4 is 34.7 Å². The van der Waals surface area contributed by atoms with Gasteiger partial charge in [-0.25, -0.2) is 0 Å². The summed E-state index contributed by atoms with van der Waals surface area (Å²) in [6.07, 6.45) is 3.23. The Bertz CT molecular complexity index is 483. The van der Waals surface area contributed by atoms with Crippen molar-refractivity contribution in [2.75, 3.05) is 6.61 Å². The molecule has 5 heteroatoms. The molecule has 0 saturated heterocycles. The fourth-order valence-electron chi connectivity index (χ4n) is 2.58. The monoisotopic (exact) mass is 300 g/mol. The molecule has 104 valence electrons. The Morgan fingerprint density at radius 3 is 2.84 bits per heavy atom. The average Bonchev–Trinajstić information content (AvgIpc) is 2.78. The lowest BCUT2D eigenvalue weighted by Gasteiger charge is -2.32. The molecule has 1 unspecified atom stereocenters. The molecule has 1 aromatic heterocycles. The van der Waals surface area contributed by atoms with Crippen LogP contribution in [0.25, 0.3) is 0 Å². The predicted molar refractivity (Wildman–Crippen MR) is 75.6 cm³/mol. The Kier molecular flexibility index (Phi) is 4.63. The minimum absolute atomic E-state index is 0.0155. The third kappa shape index (κ3) is 3.00. The number of hydrogen-bond donors (Lipinski definition) is 0. The minimum atomic E-state index is -0.984. The summed E-state index contributed by atoms with van der Waals surface area (Å²) in [4.78, 5) is 25.6. The second-order valence-corrected chi connectivity index (χ2v) is 6.62. The number of hydrogen-bond acceptors (Lipinski definition) is 4. The number of halogens is 1. The van der Waals surface area contributed by atoms with E-state index in [9.17, 15) is 9.59 Å². The van der Waals surface area contributed by atoms with E-state index >= 15 is 0 Å². The van der Waals surface area contributed by atoms with Crippen LogP contribution >= 0.6 is 22.9 Å². The second kappa shape index (κ2) is 6.06. The van der Waals surface area contributed by atoms with Gasteiger partial charge in [0.1, 0.15) is 5.41 Å². The van der Waals surface area contributed by atoms with Crippen molar-refractivity contribution in [3.63, 3.8) is 0 Å². The van der Waals surface area contributed by atoms with Gasteiger partial charge in [-0.05, 0) is 31.9 Å². The largest absolute Gasteiger partial charge is 0.465 e. The van der Waals surface area contributed by atoms with Crippen molar-refractivity contribution in [1.29, 1.82) is 0 Å². The van der Waals surface area contributed by atoms with Crippen molar-refractivity contribution in [3.8, 4) is 0 Å². The highest BCUT2D eigenvalue weighted by Gasteiger charge is 2.48. The maximum atomic E-state index is 12.3. The van der Waals surface area contributed by atoms with E-state index < -0.39 is 5.41 Å². The highest BCUT2D eigenvalue weighted by molar-refractivity contribution is 7.16. The predicted octanol–water partition coefficient (Wildman–Crippen LogP) is 3.64. The molecule has 19 heavy (non-hydrogen) atoms. The zero-order chi connectivity index (χ0) is 13.9. The summed E-state index contributed by atoms with van der Waals surface area (Å²) in [5.74, 6) is -0.356. The number of ether oxygens (including phenoxy) is 1. The van der Waals surface area contributed by atoms with Gasteiger partial charge < -0.3 is 4.74 Å². The minimum Gasteiger partial charge on any atom is -0.465 e. The number of rotatable bonds is 4. The summed E-state index contributed by atoms with van der Waals surface area (Å²) in [5.41, 5.74) is -0.984. The quantitative estimate of drug-likeness (QED) is 0.630. The lowest BCUT2D eigenvalue weighted by Crippen LogP contribution is -2.44. The van der Waals surface area contributed by atoms with Gasteiger partial charge in [-0.15, -0.1) is 11.3 Å².